The van der Waals surface area contributed by atoms with Gasteiger partial charge in [-0.25, -0.2) is 4.98 Å². The number of ether oxygens (including phenoxy) is 1. The first-order valence-electron chi connectivity index (χ1n) is 10.8. The number of methoxy groups -OCH3 is 1. The van der Waals surface area contributed by atoms with E-state index >= 15 is 0 Å². The maximum Gasteiger partial charge on any atom is 0.227 e. The van der Waals surface area contributed by atoms with Crippen LogP contribution < -0.4 is 15.5 Å². The number of hydrogen-bond acceptors (Lipinski definition) is 7. The third-order valence-electron chi connectivity index (χ3n) is 5.50. The number of nitrogens with one attached hydrogen (secondary N) is 1. The Hall–Kier alpha value is -4.27. The first kappa shape index (κ1) is 22.9. The van der Waals surface area contributed by atoms with Crippen molar-refractivity contribution < 1.29 is 24.2 Å². The van der Waals surface area contributed by atoms with E-state index in [-0.39, 0.29) is 29.6 Å². The largest absolute Gasteiger partial charge is 0.504 e. The van der Waals surface area contributed by atoms with E-state index in [1.807, 2.05) is 35.0 Å². The SMILES string of the molecule is COc1cc(C(CC(=O)NCCc2cn3ccccc3n2)c2oc(C)cc(=O)c2O)ccc1O. The number of nitrogens with zero attached hydrogens (tertiary/aromatic N) is 2. The van der Waals surface area contributed by atoms with Crippen LogP contribution in [0.1, 0.15) is 35.1 Å². The van der Waals surface area contributed by atoms with Crippen LogP contribution in [-0.4, -0.2) is 39.2 Å². The van der Waals surface area contributed by atoms with Gasteiger partial charge < -0.3 is 29.1 Å². The highest BCUT2D eigenvalue weighted by molar-refractivity contribution is 5.77. The summed E-state index contributed by atoms with van der Waals surface area (Å²) in [4.78, 5) is 29.5. The average Bonchev–Trinajstić information content (AvgIpc) is 3.23. The molecule has 176 valence electrons. The molecule has 0 spiro atoms. The Bertz CT molecular complexity index is 1360. The quantitative estimate of drug-likeness (QED) is 0.367. The van der Waals surface area contributed by atoms with Gasteiger partial charge in [0.25, 0.3) is 0 Å². The van der Waals surface area contributed by atoms with Crippen molar-refractivity contribution in [2.75, 3.05) is 13.7 Å². The fraction of sp³-hybridized carbons (Fsp3) is 0.240. The maximum atomic E-state index is 12.8. The van der Waals surface area contributed by atoms with Crippen LogP contribution in [0.25, 0.3) is 5.65 Å². The lowest BCUT2D eigenvalue weighted by Crippen LogP contribution is -2.27. The van der Waals surface area contributed by atoms with E-state index in [9.17, 15) is 19.8 Å². The van der Waals surface area contributed by atoms with Crippen molar-refractivity contribution in [3.05, 3.63) is 87.9 Å². The van der Waals surface area contributed by atoms with Crippen LogP contribution in [0.3, 0.4) is 0 Å². The molecule has 1 amide bonds. The molecule has 1 aromatic carbocycles. The van der Waals surface area contributed by atoms with Crippen LogP contribution in [-0.2, 0) is 11.2 Å². The molecule has 4 rings (SSSR count). The van der Waals surface area contributed by atoms with Gasteiger partial charge >= 0.3 is 0 Å². The van der Waals surface area contributed by atoms with Crippen LogP contribution in [0.4, 0.5) is 0 Å². The van der Waals surface area contributed by atoms with Crippen molar-refractivity contribution >= 4 is 11.6 Å². The number of carbonyl (C=O) groups is 1. The highest BCUT2D eigenvalue weighted by Crippen LogP contribution is 2.37. The Morgan fingerprint density at radius 3 is 2.82 bits per heavy atom. The molecule has 0 saturated heterocycles. The number of phenolic OH excluding ortho intramolecular Hbond substituents is 1. The van der Waals surface area contributed by atoms with E-state index in [4.69, 9.17) is 9.15 Å². The van der Waals surface area contributed by atoms with Gasteiger partial charge in [-0.2, -0.15) is 0 Å². The Morgan fingerprint density at radius 1 is 1.24 bits per heavy atom. The molecular weight excluding hydrogens is 438 g/mol. The molecular formula is C25H25N3O6. The van der Waals surface area contributed by atoms with Gasteiger partial charge in [-0.1, -0.05) is 12.1 Å². The number of hydrogen-bond donors (Lipinski definition) is 3. The van der Waals surface area contributed by atoms with Crippen molar-refractivity contribution in [2.24, 2.45) is 0 Å². The predicted octanol–water partition coefficient (Wildman–Crippen LogP) is 2.90. The zero-order valence-corrected chi connectivity index (χ0v) is 18.8. The number of aromatic hydroxyl groups is 2. The standard InChI is InChI=1S/C25H25N3O6/c1-15-11-20(30)24(32)25(34-15)18(16-6-7-19(29)21(12-16)33-2)13-23(31)26-9-8-17-14-28-10-4-3-5-22(28)27-17/h3-7,10-12,14,18,29,32H,8-9,13H2,1-2H3,(H,26,31). The van der Waals surface area contributed by atoms with Gasteiger partial charge in [-0.3, -0.25) is 9.59 Å². The van der Waals surface area contributed by atoms with E-state index in [1.54, 1.807) is 19.1 Å². The third kappa shape index (κ3) is 4.88. The minimum Gasteiger partial charge on any atom is -0.504 e. The Kier molecular flexibility index (Phi) is 6.53. The lowest BCUT2D eigenvalue weighted by molar-refractivity contribution is -0.121. The molecule has 3 aromatic heterocycles. The second-order valence-corrected chi connectivity index (χ2v) is 7.92. The van der Waals surface area contributed by atoms with Gasteiger partial charge in [0.2, 0.25) is 17.1 Å². The maximum absolute atomic E-state index is 12.8. The molecule has 0 fully saturated rings. The van der Waals surface area contributed by atoms with Crippen LogP contribution in [0.2, 0.25) is 0 Å². The van der Waals surface area contributed by atoms with Crippen molar-refractivity contribution in [2.45, 2.75) is 25.7 Å². The van der Waals surface area contributed by atoms with Gasteiger partial charge in [-0.15, -0.1) is 0 Å². The second kappa shape index (κ2) is 9.70. The zero-order chi connectivity index (χ0) is 24.2. The number of imidazole rings is 1. The van der Waals surface area contributed by atoms with E-state index in [0.717, 1.165) is 11.3 Å². The molecule has 3 heterocycles. The van der Waals surface area contributed by atoms with E-state index in [1.165, 1.54) is 19.2 Å². The lowest BCUT2D eigenvalue weighted by Gasteiger charge is -2.19. The number of amides is 1. The monoisotopic (exact) mass is 463 g/mol. The summed E-state index contributed by atoms with van der Waals surface area (Å²) in [6, 6.07) is 11.5. The normalized spacial score (nSPS) is 11.9. The number of aromatic nitrogens is 2. The number of phenols is 1. The molecule has 0 aliphatic carbocycles. The van der Waals surface area contributed by atoms with Crippen LogP contribution in [0.5, 0.6) is 17.2 Å². The molecule has 3 N–H and O–H groups in total. The summed E-state index contributed by atoms with van der Waals surface area (Å²) in [6.07, 6.45) is 4.25. The van der Waals surface area contributed by atoms with Gasteiger partial charge in [0, 0.05) is 37.8 Å². The zero-order valence-electron chi connectivity index (χ0n) is 18.8. The van der Waals surface area contributed by atoms with Gasteiger partial charge in [0.15, 0.2) is 17.3 Å². The number of benzene rings is 1. The summed E-state index contributed by atoms with van der Waals surface area (Å²) in [5, 5.41) is 23.2. The summed E-state index contributed by atoms with van der Waals surface area (Å²) < 4.78 is 12.8. The van der Waals surface area contributed by atoms with Crippen molar-refractivity contribution in [1.29, 1.82) is 0 Å². The second-order valence-electron chi connectivity index (χ2n) is 7.92. The fourth-order valence-corrected chi connectivity index (χ4v) is 3.83. The Labute approximate surface area is 195 Å². The first-order valence-corrected chi connectivity index (χ1v) is 10.8. The number of carbonyl (C=O) groups excluding carboxylic acids is 1. The summed E-state index contributed by atoms with van der Waals surface area (Å²) in [5.74, 6) is -1.23. The Balaban J connectivity index is 1.54. The first-order chi connectivity index (χ1) is 16.4. The van der Waals surface area contributed by atoms with E-state index in [2.05, 4.69) is 10.3 Å². The summed E-state index contributed by atoms with van der Waals surface area (Å²) >= 11 is 0. The Morgan fingerprint density at radius 2 is 2.06 bits per heavy atom. The van der Waals surface area contributed by atoms with E-state index < -0.39 is 17.1 Å². The molecule has 0 aliphatic rings. The van der Waals surface area contributed by atoms with Crippen LogP contribution in [0.15, 0.2) is 64.1 Å². The van der Waals surface area contributed by atoms with E-state index in [0.29, 0.717) is 24.3 Å². The predicted molar refractivity (Wildman–Crippen MR) is 124 cm³/mol. The molecule has 9 heteroatoms. The number of aryl methyl sites for hydroxylation is 1. The molecule has 0 saturated carbocycles. The van der Waals surface area contributed by atoms with Crippen LogP contribution in [0, 0.1) is 6.92 Å². The smallest absolute Gasteiger partial charge is 0.227 e. The average molecular weight is 463 g/mol. The summed E-state index contributed by atoms with van der Waals surface area (Å²) in [7, 11) is 1.41. The number of fused-ring (bicyclic) bond motifs is 1. The van der Waals surface area contributed by atoms with Gasteiger partial charge in [-0.05, 0) is 36.8 Å². The lowest BCUT2D eigenvalue weighted by atomic mass is 9.91. The fourth-order valence-electron chi connectivity index (χ4n) is 3.83. The van der Waals surface area contributed by atoms with Gasteiger partial charge in [0.05, 0.1) is 18.7 Å². The minimum absolute atomic E-state index is 0.0201. The van der Waals surface area contributed by atoms with Crippen molar-refractivity contribution in [3.8, 4) is 17.2 Å². The molecule has 0 radical (unpaired) electrons. The number of pyridine rings is 1. The molecule has 9 nitrogen and oxygen atoms in total. The summed E-state index contributed by atoms with van der Waals surface area (Å²) in [6.45, 7) is 1.95. The third-order valence-corrected chi connectivity index (χ3v) is 5.50. The van der Waals surface area contributed by atoms with Crippen LogP contribution >= 0.6 is 0 Å². The molecule has 0 aliphatic heterocycles. The molecule has 1 unspecified atom stereocenters. The van der Waals surface area contributed by atoms with Crippen molar-refractivity contribution in [3.63, 3.8) is 0 Å². The highest BCUT2D eigenvalue weighted by atomic mass is 16.5. The van der Waals surface area contributed by atoms with Gasteiger partial charge in [0.1, 0.15) is 11.4 Å². The topological polar surface area (TPSA) is 126 Å². The number of rotatable bonds is 8. The van der Waals surface area contributed by atoms with Crippen molar-refractivity contribution in [1.82, 2.24) is 14.7 Å². The minimum atomic E-state index is -0.780. The molecule has 4 aromatic rings. The molecule has 0 bridgehead atoms. The molecule has 34 heavy (non-hydrogen) atoms. The summed E-state index contributed by atoms with van der Waals surface area (Å²) in [5.41, 5.74) is 1.61. The molecule has 1 atom stereocenters. The highest BCUT2D eigenvalue weighted by Gasteiger charge is 2.26.